The third-order valence-corrected chi connectivity index (χ3v) is 3.95. The van der Waals surface area contributed by atoms with Crippen LogP contribution in [0.1, 0.15) is 23.8 Å². The monoisotopic (exact) mass is 221 g/mol. The number of thiophene rings is 1. The third-order valence-electron chi connectivity index (χ3n) is 3.00. The molecule has 15 heavy (non-hydrogen) atoms. The van der Waals surface area contributed by atoms with Gasteiger partial charge in [-0.2, -0.15) is 0 Å². The van der Waals surface area contributed by atoms with Crippen molar-refractivity contribution < 1.29 is 5.11 Å². The summed E-state index contributed by atoms with van der Waals surface area (Å²) in [6.07, 6.45) is 7.01. The zero-order chi connectivity index (χ0) is 10.7. The first kappa shape index (κ1) is 10.5. The van der Waals surface area contributed by atoms with E-state index in [0.29, 0.717) is 5.92 Å². The van der Waals surface area contributed by atoms with Gasteiger partial charge in [0.15, 0.2) is 0 Å². The summed E-state index contributed by atoms with van der Waals surface area (Å²) in [4.78, 5) is 3.06. The highest BCUT2D eigenvalue weighted by Gasteiger charge is 2.25. The van der Waals surface area contributed by atoms with Crippen LogP contribution in [-0.2, 0) is 0 Å². The number of terminal acetylenes is 1. The summed E-state index contributed by atoms with van der Waals surface area (Å²) >= 11 is 1.63. The van der Waals surface area contributed by atoms with Crippen LogP contribution in [-0.4, -0.2) is 23.1 Å². The van der Waals surface area contributed by atoms with E-state index in [1.807, 2.05) is 22.4 Å². The van der Waals surface area contributed by atoms with Gasteiger partial charge in [-0.3, -0.25) is 0 Å². The fourth-order valence-electron chi connectivity index (χ4n) is 2.04. The molecule has 2 rings (SSSR count). The van der Waals surface area contributed by atoms with Crippen molar-refractivity contribution in [3.05, 3.63) is 22.4 Å². The first-order valence-electron chi connectivity index (χ1n) is 5.24. The SMILES string of the molecule is C#CN1CCC(C(O)c2cccs2)CC1. The summed E-state index contributed by atoms with van der Waals surface area (Å²) in [6.45, 7) is 1.81. The van der Waals surface area contributed by atoms with E-state index >= 15 is 0 Å². The Morgan fingerprint density at radius 1 is 1.53 bits per heavy atom. The summed E-state index contributed by atoms with van der Waals surface area (Å²) in [7, 11) is 0. The molecule has 1 aliphatic heterocycles. The van der Waals surface area contributed by atoms with Crippen molar-refractivity contribution in [1.82, 2.24) is 4.90 Å². The van der Waals surface area contributed by atoms with Crippen LogP contribution in [0, 0.1) is 18.4 Å². The molecule has 1 aromatic rings. The molecule has 2 heterocycles. The quantitative estimate of drug-likeness (QED) is 0.773. The molecule has 0 amide bonds. The van der Waals surface area contributed by atoms with Crippen molar-refractivity contribution in [2.24, 2.45) is 5.92 Å². The number of aliphatic hydroxyl groups is 1. The van der Waals surface area contributed by atoms with E-state index in [-0.39, 0.29) is 6.10 Å². The largest absolute Gasteiger partial charge is 0.387 e. The van der Waals surface area contributed by atoms with Gasteiger partial charge >= 0.3 is 0 Å². The normalized spacial score (nSPS) is 19.9. The zero-order valence-corrected chi connectivity index (χ0v) is 9.41. The lowest BCUT2D eigenvalue weighted by Crippen LogP contribution is -2.32. The molecule has 80 valence electrons. The molecule has 1 atom stereocenters. The van der Waals surface area contributed by atoms with E-state index in [1.165, 1.54) is 0 Å². The predicted molar refractivity (Wildman–Crippen MR) is 62.4 cm³/mol. The van der Waals surface area contributed by atoms with Gasteiger partial charge in [0.25, 0.3) is 0 Å². The van der Waals surface area contributed by atoms with Gasteiger partial charge in [0, 0.05) is 24.0 Å². The molecule has 0 aliphatic carbocycles. The number of aliphatic hydroxyl groups excluding tert-OH is 1. The minimum absolute atomic E-state index is 0.301. The van der Waals surface area contributed by atoms with Gasteiger partial charge in [-0.05, 0) is 30.2 Å². The molecule has 0 aromatic carbocycles. The molecule has 2 nitrogen and oxygen atoms in total. The molecule has 0 spiro atoms. The lowest BCUT2D eigenvalue weighted by atomic mass is 9.91. The molecule has 1 aromatic heterocycles. The van der Waals surface area contributed by atoms with Crippen molar-refractivity contribution in [1.29, 1.82) is 0 Å². The third kappa shape index (κ3) is 2.34. The summed E-state index contributed by atoms with van der Waals surface area (Å²) in [5.41, 5.74) is 0. The molecule has 1 aliphatic rings. The van der Waals surface area contributed by atoms with E-state index in [1.54, 1.807) is 11.3 Å². The average Bonchev–Trinajstić information content (AvgIpc) is 2.82. The van der Waals surface area contributed by atoms with Crippen molar-refractivity contribution >= 4 is 11.3 Å². The molecular weight excluding hydrogens is 206 g/mol. The lowest BCUT2D eigenvalue weighted by molar-refractivity contribution is 0.0749. The Hall–Kier alpha value is -0.980. The van der Waals surface area contributed by atoms with E-state index in [9.17, 15) is 5.11 Å². The first-order valence-corrected chi connectivity index (χ1v) is 6.12. The van der Waals surface area contributed by atoms with Gasteiger partial charge in [0.05, 0.1) is 6.10 Å². The number of hydrogen-bond donors (Lipinski definition) is 1. The van der Waals surface area contributed by atoms with E-state index in [4.69, 9.17) is 6.42 Å². The second-order valence-electron chi connectivity index (χ2n) is 3.91. The Morgan fingerprint density at radius 2 is 2.27 bits per heavy atom. The van der Waals surface area contributed by atoms with Crippen LogP contribution in [0.15, 0.2) is 17.5 Å². The maximum Gasteiger partial charge on any atom is 0.0911 e. The Balaban J connectivity index is 1.94. The van der Waals surface area contributed by atoms with Gasteiger partial charge in [-0.25, -0.2) is 0 Å². The van der Waals surface area contributed by atoms with E-state index in [2.05, 4.69) is 6.04 Å². The number of hydrogen-bond acceptors (Lipinski definition) is 3. The van der Waals surface area contributed by atoms with Crippen LogP contribution in [0.25, 0.3) is 0 Å². The zero-order valence-electron chi connectivity index (χ0n) is 8.60. The Morgan fingerprint density at radius 3 is 2.80 bits per heavy atom. The van der Waals surface area contributed by atoms with Crippen LogP contribution in [0.3, 0.4) is 0 Å². The number of likely N-dealkylation sites (tertiary alicyclic amines) is 1. The Kier molecular flexibility index (Phi) is 3.30. The number of nitrogens with zero attached hydrogens (tertiary/aromatic N) is 1. The van der Waals surface area contributed by atoms with Gasteiger partial charge in [0.1, 0.15) is 0 Å². The highest BCUT2D eigenvalue weighted by atomic mass is 32.1. The summed E-state index contributed by atoms with van der Waals surface area (Å²) < 4.78 is 0. The Labute approximate surface area is 94.5 Å². The summed E-state index contributed by atoms with van der Waals surface area (Å²) in [5.74, 6) is 0.369. The van der Waals surface area contributed by atoms with Crippen molar-refractivity contribution in [2.45, 2.75) is 18.9 Å². The molecule has 3 heteroatoms. The molecule has 0 bridgehead atoms. The van der Waals surface area contributed by atoms with Crippen molar-refractivity contribution in [3.63, 3.8) is 0 Å². The molecule has 1 fully saturated rings. The highest BCUT2D eigenvalue weighted by molar-refractivity contribution is 7.10. The number of piperidine rings is 1. The van der Waals surface area contributed by atoms with Crippen LogP contribution >= 0.6 is 11.3 Å². The van der Waals surface area contributed by atoms with E-state index < -0.39 is 0 Å². The van der Waals surface area contributed by atoms with Crippen molar-refractivity contribution in [2.75, 3.05) is 13.1 Å². The average molecular weight is 221 g/mol. The smallest absolute Gasteiger partial charge is 0.0911 e. The maximum absolute atomic E-state index is 10.1. The fraction of sp³-hybridized carbons (Fsp3) is 0.500. The fourth-order valence-corrected chi connectivity index (χ4v) is 2.84. The van der Waals surface area contributed by atoms with Gasteiger partial charge in [0.2, 0.25) is 0 Å². The summed E-state index contributed by atoms with van der Waals surface area (Å²) in [6, 6.07) is 6.64. The lowest BCUT2D eigenvalue weighted by Gasteiger charge is -2.31. The molecule has 1 saturated heterocycles. The van der Waals surface area contributed by atoms with Gasteiger partial charge in [-0.15, -0.1) is 11.3 Å². The Bertz CT molecular complexity index is 333. The predicted octanol–water partition coefficient (Wildman–Crippen LogP) is 2.08. The standard InChI is InChI=1S/C12H15NOS/c1-2-13-7-5-10(6-8-13)12(14)11-4-3-9-15-11/h1,3-4,9-10,12,14H,5-8H2. The minimum atomic E-state index is -0.301. The van der Waals surface area contributed by atoms with Gasteiger partial charge < -0.3 is 10.0 Å². The first-order chi connectivity index (χ1) is 7.31. The topological polar surface area (TPSA) is 23.5 Å². The molecule has 1 unspecified atom stereocenters. The van der Waals surface area contributed by atoms with Crippen LogP contribution < -0.4 is 0 Å². The summed E-state index contributed by atoms with van der Waals surface area (Å²) in [5, 5.41) is 12.1. The van der Waals surface area contributed by atoms with Crippen LogP contribution in [0.5, 0.6) is 0 Å². The highest BCUT2D eigenvalue weighted by Crippen LogP contribution is 2.32. The minimum Gasteiger partial charge on any atom is -0.387 e. The van der Waals surface area contributed by atoms with Gasteiger partial charge in [-0.1, -0.05) is 12.5 Å². The molecule has 0 radical (unpaired) electrons. The van der Waals surface area contributed by atoms with Crippen molar-refractivity contribution in [3.8, 4) is 12.5 Å². The van der Waals surface area contributed by atoms with E-state index in [0.717, 1.165) is 30.8 Å². The molecular formula is C12H15NOS. The van der Waals surface area contributed by atoms with Crippen LogP contribution in [0.2, 0.25) is 0 Å². The maximum atomic E-state index is 10.1. The molecule has 1 N–H and O–H groups in total. The number of rotatable bonds is 2. The second kappa shape index (κ2) is 4.69. The second-order valence-corrected chi connectivity index (χ2v) is 4.89. The molecule has 0 saturated carbocycles. The van der Waals surface area contributed by atoms with Crippen LogP contribution in [0.4, 0.5) is 0 Å².